The number of hydrogen-bond acceptors (Lipinski definition) is 6. The Morgan fingerprint density at radius 3 is 3.06 bits per heavy atom. The van der Waals surface area contributed by atoms with Gasteiger partial charge in [-0.15, -0.1) is 0 Å². The molecule has 3 rings (SSSR count). The summed E-state index contributed by atoms with van der Waals surface area (Å²) in [5, 5.41) is 11.6. The molecule has 7 heteroatoms. The second-order valence-electron chi connectivity index (χ2n) is 4.34. The van der Waals surface area contributed by atoms with E-state index in [1.54, 1.807) is 29.5 Å². The molecule has 2 unspecified atom stereocenters. The number of nitrogens with zero attached hydrogens (tertiary/aromatic N) is 5. The Morgan fingerprint density at radius 1 is 1.44 bits per heavy atom. The highest BCUT2D eigenvalue weighted by molar-refractivity contribution is 5.84. The van der Waals surface area contributed by atoms with Crippen LogP contribution in [0.4, 0.5) is 5.69 Å². The highest BCUT2D eigenvalue weighted by Gasteiger charge is 2.47. The van der Waals surface area contributed by atoms with Crippen molar-refractivity contribution in [3.63, 3.8) is 0 Å². The van der Waals surface area contributed by atoms with Gasteiger partial charge >= 0.3 is 0 Å². The largest absolute Gasteiger partial charge is 0.312 e. The summed E-state index contributed by atoms with van der Waals surface area (Å²) >= 11 is 0. The molecule has 1 aromatic rings. The van der Waals surface area contributed by atoms with Gasteiger partial charge < -0.3 is 5.73 Å². The van der Waals surface area contributed by atoms with Crippen LogP contribution in [0.2, 0.25) is 0 Å². The van der Waals surface area contributed by atoms with E-state index < -0.39 is 12.2 Å². The van der Waals surface area contributed by atoms with E-state index in [1.165, 1.54) is 0 Å². The Kier molecular flexibility index (Phi) is 2.77. The first-order valence-corrected chi connectivity index (χ1v) is 5.92. The fourth-order valence-corrected chi connectivity index (χ4v) is 2.30. The second kappa shape index (κ2) is 4.43. The fraction of sp³-hybridized carbons (Fsp3) is 0.455. The van der Waals surface area contributed by atoms with Gasteiger partial charge in [0.05, 0.1) is 6.20 Å². The number of aromatic nitrogens is 1. The lowest BCUT2D eigenvalue weighted by molar-refractivity contribution is -0.135. The van der Waals surface area contributed by atoms with E-state index in [0.717, 1.165) is 19.5 Å². The van der Waals surface area contributed by atoms with Gasteiger partial charge in [-0.3, -0.25) is 14.8 Å². The summed E-state index contributed by atoms with van der Waals surface area (Å²) in [4.78, 5) is 16.0. The van der Waals surface area contributed by atoms with Crippen molar-refractivity contribution < 1.29 is 4.79 Å². The minimum Gasteiger partial charge on any atom is -0.312 e. The molecule has 2 aliphatic heterocycles. The third-order valence-corrected chi connectivity index (χ3v) is 3.19. The molecule has 2 saturated heterocycles. The van der Waals surface area contributed by atoms with E-state index in [2.05, 4.69) is 15.2 Å². The maximum Gasteiger partial charge on any atom is 0.266 e. The van der Waals surface area contributed by atoms with E-state index in [1.807, 2.05) is 5.01 Å². The van der Waals surface area contributed by atoms with Gasteiger partial charge in [0.2, 0.25) is 0 Å². The van der Waals surface area contributed by atoms with Gasteiger partial charge in [-0.25, -0.2) is 0 Å². The molecule has 1 aromatic heterocycles. The van der Waals surface area contributed by atoms with Crippen LogP contribution < -0.4 is 5.73 Å². The van der Waals surface area contributed by atoms with Crippen molar-refractivity contribution in [1.82, 2.24) is 15.0 Å². The molecule has 18 heavy (non-hydrogen) atoms. The number of pyridine rings is 1. The van der Waals surface area contributed by atoms with Crippen molar-refractivity contribution in [2.75, 3.05) is 13.1 Å². The Morgan fingerprint density at radius 2 is 2.33 bits per heavy atom. The first-order valence-electron chi connectivity index (χ1n) is 5.92. The molecular formula is C11H14N6O. The summed E-state index contributed by atoms with van der Waals surface area (Å²) in [6.45, 7) is 1.54. The van der Waals surface area contributed by atoms with E-state index in [9.17, 15) is 4.79 Å². The van der Waals surface area contributed by atoms with Gasteiger partial charge in [-0.05, 0) is 18.6 Å². The van der Waals surface area contributed by atoms with Crippen LogP contribution in [0.5, 0.6) is 0 Å². The molecule has 3 heterocycles. The summed E-state index contributed by atoms with van der Waals surface area (Å²) in [7, 11) is 0. The number of hydrazine groups is 1. The number of rotatable bonds is 2. The lowest BCUT2D eigenvalue weighted by Gasteiger charge is -2.20. The van der Waals surface area contributed by atoms with E-state index >= 15 is 0 Å². The standard InChI is InChI=1S/C11H14N6O/c12-10-9(11(18)17-6-2-5-16(10)17)15-14-8-3-1-4-13-7-8/h1,3-4,7,9-10H,2,5-6,12H2. The molecule has 2 N–H and O–H groups in total. The fourth-order valence-electron chi connectivity index (χ4n) is 2.30. The lowest BCUT2D eigenvalue weighted by atomic mass is 10.2. The maximum absolute atomic E-state index is 12.1. The molecule has 0 aromatic carbocycles. The molecule has 7 nitrogen and oxygen atoms in total. The molecule has 0 bridgehead atoms. The highest BCUT2D eigenvalue weighted by Crippen LogP contribution is 2.25. The molecule has 2 aliphatic rings. The topological polar surface area (TPSA) is 87.2 Å². The SMILES string of the molecule is NC1C(N=Nc2cccnc2)C(=O)N2CCCN12. The maximum atomic E-state index is 12.1. The zero-order chi connectivity index (χ0) is 12.5. The number of fused-ring (bicyclic) bond motifs is 1. The van der Waals surface area contributed by atoms with Crippen LogP contribution in [-0.4, -0.2) is 46.2 Å². The predicted molar refractivity (Wildman–Crippen MR) is 63.6 cm³/mol. The molecule has 0 spiro atoms. The summed E-state index contributed by atoms with van der Waals surface area (Å²) in [5.41, 5.74) is 6.64. The van der Waals surface area contributed by atoms with E-state index in [0.29, 0.717) is 5.69 Å². The molecule has 2 fully saturated rings. The summed E-state index contributed by atoms with van der Waals surface area (Å²) in [5.74, 6) is -0.0624. The minimum atomic E-state index is -0.606. The van der Waals surface area contributed by atoms with Crippen molar-refractivity contribution in [1.29, 1.82) is 0 Å². The van der Waals surface area contributed by atoms with Gasteiger partial charge in [-0.2, -0.15) is 15.2 Å². The smallest absolute Gasteiger partial charge is 0.266 e. The van der Waals surface area contributed by atoms with Crippen molar-refractivity contribution in [3.05, 3.63) is 24.5 Å². The number of amides is 1. The molecule has 94 valence electrons. The van der Waals surface area contributed by atoms with Crippen LogP contribution in [0, 0.1) is 0 Å². The van der Waals surface area contributed by atoms with Gasteiger partial charge in [0.15, 0.2) is 6.04 Å². The number of nitrogens with two attached hydrogens (primary N) is 1. The van der Waals surface area contributed by atoms with E-state index in [4.69, 9.17) is 5.73 Å². The number of carbonyl (C=O) groups is 1. The third-order valence-electron chi connectivity index (χ3n) is 3.19. The van der Waals surface area contributed by atoms with Crippen LogP contribution in [0.15, 0.2) is 34.8 Å². The second-order valence-corrected chi connectivity index (χ2v) is 4.34. The zero-order valence-corrected chi connectivity index (χ0v) is 9.81. The predicted octanol–water partition coefficient (Wildman–Crippen LogP) is 0.282. The molecular weight excluding hydrogens is 232 g/mol. The van der Waals surface area contributed by atoms with Crippen LogP contribution in [0.25, 0.3) is 0 Å². The quantitative estimate of drug-likeness (QED) is 0.759. The zero-order valence-electron chi connectivity index (χ0n) is 9.81. The average Bonchev–Trinajstić information content (AvgIpc) is 2.95. The van der Waals surface area contributed by atoms with Gasteiger partial charge in [0.25, 0.3) is 5.91 Å². The monoisotopic (exact) mass is 246 g/mol. The molecule has 0 saturated carbocycles. The van der Waals surface area contributed by atoms with Gasteiger partial charge in [-0.1, -0.05) is 0 Å². The summed E-state index contributed by atoms with van der Waals surface area (Å²) in [6, 6.07) is 2.94. The average molecular weight is 246 g/mol. The van der Waals surface area contributed by atoms with Crippen molar-refractivity contribution in [2.45, 2.75) is 18.6 Å². The highest BCUT2D eigenvalue weighted by atomic mass is 16.2. The lowest BCUT2D eigenvalue weighted by Crippen LogP contribution is -2.43. The van der Waals surface area contributed by atoms with Crippen LogP contribution >= 0.6 is 0 Å². The first-order chi connectivity index (χ1) is 8.77. The molecule has 2 atom stereocenters. The third kappa shape index (κ3) is 1.77. The normalized spacial score (nSPS) is 28.3. The van der Waals surface area contributed by atoms with Crippen LogP contribution in [-0.2, 0) is 4.79 Å². The van der Waals surface area contributed by atoms with E-state index in [-0.39, 0.29) is 5.91 Å². The van der Waals surface area contributed by atoms with Crippen LogP contribution in [0.3, 0.4) is 0 Å². The van der Waals surface area contributed by atoms with Crippen LogP contribution in [0.1, 0.15) is 6.42 Å². The number of hydrogen-bond donors (Lipinski definition) is 1. The first kappa shape index (κ1) is 11.2. The molecule has 1 amide bonds. The van der Waals surface area contributed by atoms with Crippen molar-refractivity contribution >= 4 is 11.6 Å². The molecule has 0 aliphatic carbocycles. The minimum absolute atomic E-state index is 0.0624. The Bertz CT molecular complexity index is 476. The van der Waals surface area contributed by atoms with Gasteiger partial charge in [0, 0.05) is 19.3 Å². The Hall–Kier alpha value is -1.86. The Labute approximate surface area is 104 Å². The molecule has 0 radical (unpaired) electrons. The number of azo groups is 1. The van der Waals surface area contributed by atoms with Crippen molar-refractivity contribution in [2.24, 2.45) is 16.0 Å². The number of carbonyl (C=O) groups excluding carboxylic acids is 1. The summed E-state index contributed by atoms with van der Waals surface area (Å²) < 4.78 is 0. The van der Waals surface area contributed by atoms with Gasteiger partial charge in [0.1, 0.15) is 11.9 Å². The summed E-state index contributed by atoms with van der Waals surface area (Å²) in [6.07, 6.45) is 3.81. The Balaban J connectivity index is 1.77. The van der Waals surface area contributed by atoms with Crippen molar-refractivity contribution in [3.8, 4) is 0 Å².